The van der Waals surface area contributed by atoms with Crippen molar-refractivity contribution in [2.75, 3.05) is 0 Å². The Hall–Kier alpha value is -2.94. The van der Waals surface area contributed by atoms with Crippen molar-refractivity contribution in [3.8, 4) is 0 Å². The van der Waals surface area contributed by atoms with Gasteiger partial charge in [0.1, 0.15) is 0 Å². The van der Waals surface area contributed by atoms with E-state index in [4.69, 9.17) is 0 Å². The second kappa shape index (κ2) is 4.28. The molecular formula is C18H11NO2. The molecule has 0 unspecified atom stereocenters. The molecule has 0 saturated heterocycles. The molecule has 1 aliphatic rings. The van der Waals surface area contributed by atoms with Crippen LogP contribution in [0.4, 0.5) is 5.69 Å². The summed E-state index contributed by atoms with van der Waals surface area (Å²) >= 11 is 0. The first kappa shape index (κ1) is 11.9. The van der Waals surface area contributed by atoms with Crippen LogP contribution in [0.15, 0.2) is 66.7 Å². The van der Waals surface area contributed by atoms with E-state index >= 15 is 0 Å². The molecule has 3 heteroatoms. The quantitative estimate of drug-likeness (QED) is 0.386. The lowest BCUT2D eigenvalue weighted by Gasteiger charge is -2.06. The molecule has 3 nitrogen and oxygen atoms in total. The lowest BCUT2D eigenvalue weighted by molar-refractivity contribution is -0.358. The summed E-state index contributed by atoms with van der Waals surface area (Å²) < 4.78 is 0.733. The van der Waals surface area contributed by atoms with Gasteiger partial charge in [0.05, 0.1) is 5.56 Å². The minimum absolute atomic E-state index is 0.202. The smallest absolute Gasteiger partial charge is 0.273 e. The number of carbonyl (C=O) groups is 1. The van der Waals surface area contributed by atoms with Gasteiger partial charge >= 0.3 is 0 Å². The topological polar surface area (TPSA) is 43.1 Å². The second-order valence-corrected chi connectivity index (χ2v) is 5.02. The number of benzene rings is 3. The molecular weight excluding hydrogens is 262 g/mol. The molecule has 100 valence electrons. The van der Waals surface area contributed by atoms with E-state index in [1.165, 1.54) is 0 Å². The molecule has 0 spiro atoms. The summed E-state index contributed by atoms with van der Waals surface area (Å²) in [6, 6.07) is 20.1. The highest BCUT2D eigenvalue weighted by molar-refractivity contribution is 6.57. The summed E-state index contributed by atoms with van der Waals surface area (Å²) in [4.78, 5) is 12.6. The molecule has 0 bridgehead atoms. The van der Waals surface area contributed by atoms with Crippen LogP contribution in [-0.2, 0) is 0 Å². The fourth-order valence-electron chi connectivity index (χ4n) is 2.87. The zero-order valence-electron chi connectivity index (χ0n) is 11.1. The Morgan fingerprint density at radius 3 is 2.14 bits per heavy atom. The number of ketones is 1. The first-order chi connectivity index (χ1) is 10.3. The molecule has 0 aromatic heterocycles. The molecule has 0 N–H and O–H groups in total. The maximum Gasteiger partial charge on any atom is 0.273 e. The number of para-hydroxylation sites is 1. The van der Waals surface area contributed by atoms with Crippen molar-refractivity contribution >= 4 is 28.0 Å². The van der Waals surface area contributed by atoms with E-state index in [-0.39, 0.29) is 11.5 Å². The van der Waals surface area contributed by atoms with E-state index in [9.17, 15) is 10.0 Å². The third kappa shape index (κ3) is 1.61. The minimum atomic E-state index is -0.208. The Balaban J connectivity index is 2.07. The Kier molecular flexibility index (Phi) is 2.42. The Morgan fingerprint density at radius 1 is 0.762 bits per heavy atom. The highest BCUT2D eigenvalue weighted by atomic mass is 16.5. The van der Waals surface area contributed by atoms with Gasteiger partial charge in [-0.2, -0.15) is 4.74 Å². The summed E-state index contributed by atoms with van der Waals surface area (Å²) in [6.45, 7) is 0. The Labute approximate surface area is 121 Å². The van der Waals surface area contributed by atoms with E-state index in [0.717, 1.165) is 15.5 Å². The van der Waals surface area contributed by atoms with E-state index in [1.807, 2.05) is 36.4 Å². The molecule has 21 heavy (non-hydrogen) atoms. The molecule has 4 rings (SSSR count). The molecule has 1 aliphatic carbocycles. The third-order valence-electron chi connectivity index (χ3n) is 3.81. The molecule has 0 radical (unpaired) electrons. The predicted octanol–water partition coefficient (Wildman–Crippen LogP) is 3.67. The zero-order chi connectivity index (χ0) is 14.4. The molecule has 0 fully saturated rings. The molecule has 3 aromatic rings. The SMILES string of the molecule is O=C1/C(=[N+](\[O-])c2ccccc2)c2cccc3cccc1c23. The molecule has 0 aliphatic heterocycles. The number of nitrogens with zero attached hydrogens (tertiary/aromatic N) is 1. The predicted molar refractivity (Wildman–Crippen MR) is 82.1 cm³/mol. The van der Waals surface area contributed by atoms with Crippen molar-refractivity contribution in [1.29, 1.82) is 0 Å². The van der Waals surface area contributed by atoms with Crippen molar-refractivity contribution in [3.63, 3.8) is 0 Å². The maximum atomic E-state index is 12.6. The van der Waals surface area contributed by atoms with Gasteiger partial charge in [0.2, 0.25) is 5.69 Å². The molecule has 3 aromatic carbocycles. The van der Waals surface area contributed by atoms with Gasteiger partial charge in [-0.3, -0.25) is 4.79 Å². The zero-order valence-corrected chi connectivity index (χ0v) is 11.1. The van der Waals surface area contributed by atoms with Crippen LogP contribution in [0.1, 0.15) is 15.9 Å². The Bertz CT molecular complexity index is 906. The van der Waals surface area contributed by atoms with Crippen LogP contribution in [0, 0.1) is 5.21 Å². The second-order valence-electron chi connectivity index (χ2n) is 5.02. The van der Waals surface area contributed by atoms with Crippen molar-refractivity contribution in [3.05, 3.63) is 83.1 Å². The first-order valence-corrected chi connectivity index (χ1v) is 6.73. The molecule has 0 saturated carbocycles. The van der Waals surface area contributed by atoms with Gasteiger partial charge in [-0.1, -0.05) is 48.5 Å². The monoisotopic (exact) mass is 273 g/mol. The van der Waals surface area contributed by atoms with Gasteiger partial charge in [-0.15, -0.1) is 0 Å². The number of Topliss-reactive ketones (excluding diaryl/α,β-unsaturated/α-hetero) is 1. The summed E-state index contributed by atoms with van der Waals surface area (Å²) in [5.74, 6) is -0.208. The molecule has 0 amide bonds. The van der Waals surface area contributed by atoms with Gasteiger partial charge in [0.25, 0.3) is 11.5 Å². The first-order valence-electron chi connectivity index (χ1n) is 6.73. The van der Waals surface area contributed by atoms with Gasteiger partial charge < -0.3 is 5.21 Å². The molecule has 0 atom stereocenters. The van der Waals surface area contributed by atoms with Crippen LogP contribution in [0.5, 0.6) is 0 Å². The van der Waals surface area contributed by atoms with Crippen LogP contribution in [0.2, 0.25) is 0 Å². The van der Waals surface area contributed by atoms with Crippen molar-refractivity contribution in [2.24, 2.45) is 0 Å². The fourth-order valence-corrected chi connectivity index (χ4v) is 2.87. The Morgan fingerprint density at radius 2 is 1.43 bits per heavy atom. The van der Waals surface area contributed by atoms with Crippen LogP contribution >= 0.6 is 0 Å². The summed E-state index contributed by atoms with van der Waals surface area (Å²) in [6.07, 6.45) is 0. The minimum Gasteiger partial charge on any atom is -0.618 e. The number of hydrogen-bond donors (Lipinski definition) is 0. The van der Waals surface area contributed by atoms with Gasteiger partial charge in [0, 0.05) is 23.1 Å². The van der Waals surface area contributed by atoms with E-state index in [2.05, 4.69) is 0 Å². The van der Waals surface area contributed by atoms with Gasteiger partial charge in [-0.25, -0.2) is 0 Å². The van der Waals surface area contributed by atoms with Crippen LogP contribution < -0.4 is 0 Å². The highest BCUT2D eigenvalue weighted by Gasteiger charge is 2.35. The van der Waals surface area contributed by atoms with E-state index < -0.39 is 0 Å². The van der Waals surface area contributed by atoms with Crippen LogP contribution in [-0.4, -0.2) is 16.2 Å². The average Bonchev–Trinajstić information content (AvgIpc) is 2.83. The fraction of sp³-hybridized carbons (Fsp3) is 0. The van der Waals surface area contributed by atoms with Crippen molar-refractivity contribution in [2.45, 2.75) is 0 Å². The van der Waals surface area contributed by atoms with Crippen LogP contribution in [0.25, 0.3) is 10.8 Å². The normalized spacial score (nSPS) is 15.5. The van der Waals surface area contributed by atoms with Crippen molar-refractivity contribution < 1.29 is 9.53 Å². The highest BCUT2D eigenvalue weighted by Crippen LogP contribution is 2.31. The number of carbonyl (C=O) groups excluding carboxylic acids is 1. The summed E-state index contributed by atoms with van der Waals surface area (Å²) in [7, 11) is 0. The summed E-state index contributed by atoms with van der Waals surface area (Å²) in [5, 5.41) is 14.5. The largest absolute Gasteiger partial charge is 0.618 e. The van der Waals surface area contributed by atoms with Gasteiger partial charge in [-0.05, 0) is 11.5 Å². The standard InChI is InChI=1S/C18H11NO2/c20-18-15-11-5-7-12-6-4-10-14(16(12)15)17(18)19(21)13-8-2-1-3-9-13/h1-11H/b19-17-. The van der Waals surface area contributed by atoms with E-state index in [1.54, 1.807) is 30.3 Å². The number of hydrogen-bond acceptors (Lipinski definition) is 2. The molecule has 0 heterocycles. The van der Waals surface area contributed by atoms with E-state index in [0.29, 0.717) is 16.8 Å². The van der Waals surface area contributed by atoms with Crippen LogP contribution in [0.3, 0.4) is 0 Å². The third-order valence-corrected chi connectivity index (χ3v) is 3.81. The van der Waals surface area contributed by atoms with Gasteiger partial charge in [0.15, 0.2) is 0 Å². The lowest BCUT2D eigenvalue weighted by Crippen LogP contribution is -2.19. The summed E-state index contributed by atoms with van der Waals surface area (Å²) in [5.41, 5.74) is 1.99. The lowest BCUT2D eigenvalue weighted by atomic mass is 10.1. The average molecular weight is 273 g/mol. The van der Waals surface area contributed by atoms with Crippen molar-refractivity contribution in [1.82, 2.24) is 0 Å². The number of rotatable bonds is 1. The maximum absolute atomic E-state index is 12.6.